The van der Waals surface area contributed by atoms with Crippen molar-refractivity contribution in [2.24, 2.45) is 5.41 Å². The van der Waals surface area contributed by atoms with Crippen molar-refractivity contribution in [3.05, 3.63) is 88.9 Å². The van der Waals surface area contributed by atoms with Crippen molar-refractivity contribution in [2.45, 2.75) is 42.1 Å². The first-order valence-electron chi connectivity index (χ1n) is 11.3. The summed E-state index contributed by atoms with van der Waals surface area (Å²) >= 11 is 8.18. The lowest BCUT2D eigenvalue weighted by Crippen LogP contribution is -2.35. The SMILES string of the molecule is C#CCC(CCCc1ccc(Sc2cccc(OCc3ccccc3)c2)cc1Cl)(COC)C(=O)O. The van der Waals surface area contributed by atoms with Gasteiger partial charge in [0.15, 0.2) is 0 Å². The zero-order valence-corrected chi connectivity index (χ0v) is 21.3. The van der Waals surface area contributed by atoms with E-state index in [1.807, 2.05) is 72.8 Å². The van der Waals surface area contributed by atoms with Crippen LogP contribution in [0.3, 0.4) is 0 Å². The smallest absolute Gasteiger partial charge is 0.312 e. The number of benzene rings is 3. The Morgan fingerprint density at radius 2 is 1.86 bits per heavy atom. The minimum absolute atomic E-state index is 0.0873. The number of halogens is 1. The summed E-state index contributed by atoms with van der Waals surface area (Å²) in [7, 11) is 1.49. The maximum atomic E-state index is 11.9. The van der Waals surface area contributed by atoms with Crippen LogP contribution in [0.2, 0.25) is 5.02 Å². The van der Waals surface area contributed by atoms with Crippen LogP contribution >= 0.6 is 23.4 Å². The molecule has 4 nitrogen and oxygen atoms in total. The molecule has 0 radical (unpaired) electrons. The quantitative estimate of drug-likeness (QED) is 0.249. The van der Waals surface area contributed by atoms with E-state index in [9.17, 15) is 9.90 Å². The van der Waals surface area contributed by atoms with Gasteiger partial charge in [0, 0.05) is 28.3 Å². The van der Waals surface area contributed by atoms with Gasteiger partial charge in [0.05, 0.1) is 6.61 Å². The Hall–Kier alpha value is -2.91. The number of aliphatic carboxylic acids is 1. The number of hydrogen-bond donors (Lipinski definition) is 1. The number of carbonyl (C=O) groups is 1. The van der Waals surface area contributed by atoms with Crippen LogP contribution in [-0.4, -0.2) is 24.8 Å². The van der Waals surface area contributed by atoms with Gasteiger partial charge in [-0.15, -0.1) is 12.3 Å². The van der Waals surface area contributed by atoms with Gasteiger partial charge in [-0.3, -0.25) is 4.79 Å². The van der Waals surface area contributed by atoms with Crippen LogP contribution in [0, 0.1) is 17.8 Å². The van der Waals surface area contributed by atoms with E-state index in [2.05, 4.69) is 5.92 Å². The van der Waals surface area contributed by atoms with Gasteiger partial charge in [0.25, 0.3) is 0 Å². The highest BCUT2D eigenvalue weighted by Gasteiger charge is 2.37. The Bertz CT molecular complexity index is 1160. The van der Waals surface area contributed by atoms with E-state index in [4.69, 9.17) is 27.5 Å². The molecule has 0 fully saturated rings. The van der Waals surface area contributed by atoms with Crippen molar-refractivity contribution in [2.75, 3.05) is 13.7 Å². The Balaban J connectivity index is 1.59. The Morgan fingerprint density at radius 3 is 2.54 bits per heavy atom. The third-order valence-corrected chi connectivity index (χ3v) is 7.06. The summed E-state index contributed by atoms with van der Waals surface area (Å²) < 4.78 is 11.1. The maximum Gasteiger partial charge on any atom is 0.312 e. The van der Waals surface area contributed by atoms with E-state index in [0.29, 0.717) is 30.9 Å². The number of terminal acetylenes is 1. The lowest BCUT2D eigenvalue weighted by molar-refractivity contribution is -0.152. The van der Waals surface area contributed by atoms with E-state index < -0.39 is 11.4 Å². The maximum absolute atomic E-state index is 11.9. The number of rotatable bonds is 13. The second kappa shape index (κ2) is 13.3. The molecule has 0 aliphatic heterocycles. The summed E-state index contributed by atoms with van der Waals surface area (Å²) in [6, 6.07) is 24.0. The average molecular weight is 509 g/mol. The van der Waals surface area contributed by atoms with Crippen molar-refractivity contribution in [1.82, 2.24) is 0 Å². The fourth-order valence-corrected chi connectivity index (χ4v) is 5.09. The number of hydrogen-bond acceptors (Lipinski definition) is 4. The van der Waals surface area contributed by atoms with Gasteiger partial charge < -0.3 is 14.6 Å². The standard InChI is InChI=1S/C29H29ClO4S/c1-3-16-29(21-33-2,28(31)32)17-8-11-23-14-15-26(19-27(23)30)35-25-13-7-12-24(18-25)34-20-22-9-5-4-6-10-22/h1,4-7,9-10,12-15,18-19H,8,11,16-17,20-21H2,2H3,(H,31,32). The minimum atomic E-state index is -1.07. The molecule has 1 atom stereocenters. The fourth-order valence-electron chi connectivity index (χ4n) is 3.84. The second-order valence-corrected chi connectivity index (χ2v) is 9.91. The summed E-state index contributed by atoms with van der Waals surface area (Å²) in [6.45, 7) is 0.605. The number of carboxylic acid groups (broad SMARTS) is 1. The number of aryl methyl sites for hydroxylation is 1. The van der Waals surface area contributed by atoms with Crippen LogP contribution in [-0.2, 0) is 22.6 Å². The summed E-state index contributed by atoms with van der Waals surface area (Å²) in [5.41, 5.74) is 1.03. The third-order valence-electron chi connectivity index (χ3n) is 5.73. The lowest BCUT2D eigenvalue weighted by atomic mass is 9.80. The molecule has 6 heteroatoms. The fraction of sp³-hybridized carbons (Fsp3) is 0.276. The number of ether oxygens (including phenoxy) is 2. The molecule has 0 amide bonds. The molecular weight excluding hydrogens is 480 g/mol. The monoisotopic (exact) mass is 508 g/mol. The second-order valence-electron chi connectivity index (χ2n) is 8.36. The molecule has 0 heterocycles. The van der Waals surface area contributed by atoms with E-state index in [1.54, 1.807) is 11.8 Å². The topological polar surface area (TPSA) is 55.8 Å². The molecule has 0 spiro atoms. The number of methoxy groups -OCH3 is 1. The molecule has 1 unspecified atom stereocenters. The molecular formula is C29H29ClO4S. The van der Waals surface area contributed by atoms with Crippen LogP contribution in [0.4, 0.5) is 0 Å². The molecule has 0 bridgehead atoms. The molecule has 3 rings (SSSR count). The predicted octanol–water partition coefficient (Wildman–Crippen LogP) is 7.13. The van der Waals surface area contributed by atoms with Gasteiger partial charge in [0.2, 0.25) is 0 Å². The average Bonchev–Trinajstić information content (AvgIpc) is 2.85. The van der Waals surface area contributed by atoms with Gasteiger partial charge in [-0.05, 0) is 60.7 Å². The lowest BCUT2D eigenvalue weighted by Gasteiger charge is -2.26. The Labute approximate surface area is 216 Å². The normalized spacial score (nSPS) is 12.5. The van der Waals surface area contributed by atoms with Crippen LogP contribution < -0.4 is 4.74 Å². The van der Waals surface area contributed by atoms with Gasteiger partial charge in [-0.2, -0.15) is 0 Å². The zero-order chi connectivity index (χ0) is 25.1. The highest BCUT2D eigenvalue weighted by atomic mass is 35.5. The van der Waals surface area contributed by atoms with E-state index in [-0.39, 0.29) is 13.0 Å². The van der Waals surface area contributed by atoms with Crippen molar-refractivity contribution in [3.8, 4) is 18.1 Å². The van der Waals surface area contributed by atoms with Crippen LogP contribution in [0.1, 0.15) is 30.4 Å². The summed E-state index contributed by atoms with van der Waals surface area (Å²) in [5.74, 6) is 2.37. The predicted molar refractivity (Wildman–Crippen MR) is 141 cm³/mol. The first-order valence-corrected chi connectivity index (χ1v) is 12.5. The summed E-state index contributed by atoms with van der Waals surface area (Å²) in [4.78, 5) is 13.9. The molecule has 35 heavy (non-hydrogen) atoms. The molecule has 3 aromatic carbocycles. The number of carboxylic acids is 1. The van der Waals surface area contributed by atoms with E-state index in [1.165, 1.54) is 7.11 Å². The molecule has 0 aliphatic carbocycles. The first kappa shape index (κ1) is 26.7. The summed E-state index contributed by atoms with van der Waals surface area (Å²) in [5, 5.41) is 10.4. The summed E-state index contributed by atoms with van der Waals surface area (Å²) in [6.07, 6.45) is 7.28. The van der Waals surface area contributed by atoms with Crippen LogP contribution in [0.25, 0.3) is 0 Å². The molecule has 3 aromatic rings. The molecule has 182 valence electrons. The zero-order valence-electron chi connectivity index (χ0n) is 19.7. The van der Waals surface area contributed by atoms with Gasteiger partial charge >= 0.3 is 5.97 Å². The molecule has 0 aliphatic rings. The van der Waals surface area contributed by atoms with Crippen molar-refractivity contribution in [1.29, 1.82) is 0 Å². The van der Waals surface area contributed by atoms with Crippen molar-refractivity contribution >= 4 is 29.3 Å². The van der Waals surface area contributed by atoms with E-state index >= 15 is 0 Å². The van der Waals surface area contributed by atoms with Crippen LogP contribution in [0.5, 0.6) is 5.75 Å². The van der Waals surface area contributed by atoms with Gasteiger partial charge in [-0.25, -0.2) is 0 Å². The highest BCUT2D eigenvalue weighted by Crippen LogP contribution is 2.34. The van der Waals surface area contributed by atoms with Crippen molar-refractivity contribution in [3.63, 3.8) is 0 Å². The van der Waals surface area contributed by atoms with Crippen molar-refractivity contribution < 1.29 is 19.4 Å². The first-order chi connectivity index (χ1) is 17.0. The van der Waals surface area contributed by atoms with Gasteiger partial charge in [-0.1, -0.05) is 65.8 Å². The highest BCUT2D eigenvalue weighted by molar-refractivity contribution is 7.99. The Morgan fingerprint density at radius 1 is 1.09 bits per heavy atom. The van der Waals surface area contributed by atoms with Gasteiger partial charge in [0.1, 0.15) is 17.8 Å². The molecule has 0 saturated heterocycles. The third kappa shape index (κ3) is 7.80. The van der Waals surface area contributed by atoms with E-state index in [0.717, 1.165) is 26.7 Å². The largest absolute Gasteiger partial charge is 0.489 e. The molecule has 1 N–H and O–H groups in total. The molecule has 0 aromatic heterocycles. The van der Waals surface area contributed by atoms with Crippen LogP contribution in [0.15, 0.2) is 82.6 Å². The minimum Gasteiger partial charge on any atom is -0.489 e. The molecule has 0 saturated carbocycles. The Kier molecular flexibility index (Phi) is 10.1.